The maximum absolute atomic E-state index is 11.9. The van der Waals surface area contributed by atoms with Gasteiger partial charge in [-0.15, -0.1) is 0 Å². The lowest BCUT2D eigenvalue weighted by molar-refractivity contribution is -0.117. The van der Waals surface area contributed by atoms with Crippen molar-refractivity contribution in [2.45, 2.75) is 12.8 Å². The highest BCUT2D eigenvalue weighted by atomic mass is 35.5. The lowest BCUT2D eigenvalue weighted by Crippen LogP contribution is -2.09. The van der Waals surface area contributed by atoms with Crippen LogP contribution in [0, 0.1) is 0 Å². The van der Waals surface area contributed by atoms with Crippen molar-refractivity contribution in [1.82, 2.24) is 4.98 Å². The van der Waals surface area contributed by atoms with E-state index in [1.54, 1.807) is 18.3 Å². The second-order valence-electron chi connectivity index (χ2n) is 4.03. The minimum atomic E-state index is 0.0720. The molecule has 0 spiro atoms. The third-order valence-electron chi connectivity index (χ3n) is 2.66. The monoisotopic (exact) mass is 260 g/mol. The van der Waals surface area contributed by atoms with Gasteiger partial charge in [0.1, 0.15) is 11.6 Å². The second kappa shape index (κ2) is 5.65. The number of hydrogen-bond donors (Lipinski definition) is 1. The maximum atomic E-state index is 11.9. The number of pyridine rings is 1. The molecule has 0 radical (unpaired) electrons. The number of nitrogens with zero attached hydrogens (tertiary/aromatic N) is 1. The van der Waals surface area contributed by atoms with E-state index in [-0.39, 0.29) is 12.2 Å². The van der Waals surface area contributed by atoms with E-state index in [0.717, 1.165) is 11.1 Å². The summed E-state index contributed by atoms with van der Waals surface area (Å²) in [6, 6.07) is 10.9. The number of nitrogen functional groups attached to an aromatic ring is 1. The summed E-state index contributed by atoms with van der Waals surface area (Å²) in [4.78, 5) is 15.9. The van der Waals surface area contributed by atoms with Crippen LogP contribution in [-0.2, 0) is 17.6 Å². The highest BCUT2D eigenvalue weighted by molar-refractivity contribution is 6.31. The fourth-order valence-electron chi connectivity index (χ4n) is 1.73. The summed E-state index contributed by atoms with van der Waals surface area (Å²) in [5.41, 5.74) is 7.30. The number of Topliss-reactive ketones (excluding diaryl/α,β-unsaturated/α-hetero) is 1. The Hall–Kier alpha value is -1.87. The number of ketones is 1. The van der Waals surface area contributed by atoms with Crippen molar-refractivity contribution < 1.29 is 4.79 Å². The molecule has 0 unspecified atom stereocenters. The summed E-state index contributed by atoms with van der Waals surface area (Å²) in [7, 11) is 0. The summed E-state index contributed by atoms with van der Waals surface area (Å²) < 4.78 is 0. The van der Waals surface area contributed by atoms with Gasteiger partial charge in [-0.05, 0) is 17.7 Å². The van der Waals surface area contributed by atoms with Crippen molar-refractivity contribution in [2.24, 2.45) is 0 Å². The van der Waals surface area contributed by atoms with Gasteiger partial charge in [0.15, 0.2) is 0 Å². The summed E-state index contributed by atoms with van der Waals surface area (Å²) >= 11 is 6.01. The van der Waals surface area contributed by atoms with E-state index in [4.69, 9.17) is 17.3 Å². The first-order valence-electron chi connectivity index (χ1n) is 5.61. The Morgan fingerprint density at radius 3 is 2.50 bits per heavy atom. The van der Waals surface area contributed by atoms with Crippen LogP contribution in [0.1, 0.15) is 11.1 Å². The van der Waals surface area contributed by atoms with E-state index in [2.05, 4.69) is 4.98 Å². The van der Waals surface area contributed by atoms with E-state index in [0.29, 0.717) is 17.3 Å². The molecule has 3 nitrogen and oxygen atoms in total. The van der Waals surface area contributed by atoms with E-state index in [1.165, 1.54) is 0 Å². The zero-order valence-corrected chi connectivity index (χ0v) is 10.5. The molecule has 0 saturated carbocycles. The van der Waals surface area contributed by atoms with Crippen LogP contribution in [0.15, 0.2) is 42.6 Å². The van der Waals surface area contributed by atoms with Crippen LogP contribution in [0.25, 0.3) is 0 Å². The van der Waals surface area contributed by atoms with Crippen molar-refractivity contribution in [3.8, 4) is 0 Å². The largest absolute Gasteiger partial charge is 0.383 e. The van der Waals surface area contributed by atoms with Crippen LogP contribution >= 0.6 is 11.6 Å². The van der Waals surface area contributed by atoms with Gasteiger partial charge in [0.05, 0.1) is 0 Å². The lowest BCUT2D eigenvalue weighted by Gasteiger charge is -2.05. The number of halogens is 1. The zero-order valence-electron chi connectivity index (χ0n) is 9.77. The van der Waals surface area contributed by atoms with Gasteiger partial charge in [-0.3, -0.25) is 4.79 Å². The number of carbonyl (C=O) groups excluding carboxylic acids is 1. The number of benzene rings is 1. The molecule has 1 aromatic heterocycles. The summed E-state index contributed by atoms with van der Waals surface area (Å²) in [6.45, 7) is 0. The molecule has 92 valence electrons. The molecule has 0 aliphatic rings. The Morgan fingerprint density at radius 2 is 1.78 bits per heavy atom. The molecule has 2 rings (SSSR count). The standard InChI is InChI=1S/C14H13ClN2O/c15-13-6-2-1-4-10(13)8-12(18)9-11-5-3-7-17-14(11)16/h1-7H,8-9H2,(H2,16,17). The average Bonchev–Trinajstić information content (AvgIpc) is 2.35. The Balaban J connectivity index is 2.06. The van der Waals surface area contributed by atoms with Crippen molar-refractivity contribution in [3.63, 3.8) is 0 Å². The van der Waals surface area contributed by atoms with Gasteiger partial charge in [0, 0.05) is 29.6 Å². The van der Waals surface area contributed by atoms with Crippen LogP contribution in [-0.4, -0.2) is 10.8 Å². The minimum absolute atomic E-state index is 0.0720. The van der Waals surface area contributed by atoms with Crippen molar-refractivity contribution in [2.75, 3.05) is 5.73 Å². The molecule has 0 amide bonds. The maximum Gasteiger partial charge on any atom is 0.141 e. The highest BCUT2D eigenvalue weighted by Crippen LogP contribution is 2.17. The van der Waals surface area contributed by atoms with Gasteiger partial charge < -0.3 is 5.73 Å². The molecule has 1 heterocycles. The Bertz CT molecular complexity index is 520. The first-order valence-corrected chi connectivity index (χ1v) is 5.99. The number of rotatable bonds is 4. The summed E-state index contributed by atoms with van der Waals surface area (Å²) in [6.07, 6.45) is 2.20. The first kappa shape index (κ1) is 12.6. The summed E-state index contributed by atoms with van der Waals surface area (Å²) in [5.74, 6) is 0.479. The predicted molar refractivity (Wildman–Crippen MR) is 72.5 cm³/mol. The van der Waals surface area contributed by atoms with Gasteiger partial charge in [0.25, 0.3) is 0 Å². The molecule has 0 fully saturated rings. The lowest BCUT2D eigenvalue weighted by atomic mass is 10.0. The number of hydrogen-bond acceptors (Lipinski definition) is 3. The van der Waals surface area contributed by atoms with Crippen molar-refractivity contribution >= 4 is 23.2 Å². The molecule has 0 saturated heterocycles. The molecule has 18 heavy (non-hydrogen) atoms. The topological polar surface area (TPSA) is 56.0 Å². The number of nitrogens with two attached hydrogens (primary N) is 1. The second-order valence-corrected chi connectivity index (χ2v) is 4.44. The van der Waals surface area contributed by atoms with Gasteiger partial charge in [-0.25, -0.2) is 4.98 Å². The van der Waals surface area contributed by atoms with Crippen LogP contribution in [0.5, 0.6) is 0 Å². The molecule has 0 aliphatic carbocycles. The van der Waals surface area contributed by atoms with Gasteiger partial charge >= 0.3 is 0 Å². The zero-order chi connectivity index (χ0) is 13.0. The minimum Gasteiger partial charge on any atom is -0.383 e. The van der Waals surface area contributed by atoms with E-state index in [1.807, 2.05) is 24.3 Å². The molecule has 0 aliphatic heterocycles. The molecular weight excluding hydrogens is 248 g/mol. The van der Waals surface area contributed by atoms with Crippen LogP contribution in [0.3, 0.4) is 0 Å². The number of anilines is 1. The third-order valence-corrected chi connectivity index (χ3v) is 3.03. The van der Waals surface area contributed by atoms with Crippen LogP contribution in [0.4, 0.5) is 5.82 Å². The molecule has 1 aromatic carbocycles. The van der Waals surface area contributed by atoms with E-state index < -0.39 is 0 Å². The molecule has 4 heteroatoms. The predicted octanol–water partition coefficient (Wildman–Crippen LogP) is 2.67. The molecule has 2 aromatic rings. The highest BCUT2D eigenvalue weighted by Gasteiger charge is 2.09. The number of carbonyl (C=O) groups is 1. The van der Waals surface area contributed by atoms with Crippen LogP contribution < -0.4 is 5.73 Å². The Morgan fingerprint density at radius 1 is 1.11 bits per heavy atom. The fraction of sp³-hybridized carbons (Fsp3) is 0.143. The molecular formula is C14H13ClN2O. The van der Waals surface area contributed by atoms with Crippen molar-refractivity contribution in [1.29, 1.82) is 0 Å². The fourth-order valence-corrected chi connectivity index (χ4v) is 1.93. The number of aromatic nitrogens is 1. The van der Waals surface area contributed by atoms with Crippen molar-refractivity contribution in [3.05, 3.63) is 58.7 Å². The Kier molecular flexibility index (Phi) is 3.95. The quantitative estimate of drug-likeness (QED) is 0.920. The van der Waals surface area contributed by atoms with Gasteiger partial charge in [-0.2, -0.15) is 0 Å². The normalized spacial score (nSPS) is 10.3. The molecule has 0 bridgehead atoms. The third kappa shape index (κ3) is 3.08. The SMILES string of the molecule is Nc1ncccc1CC(=O)Cc1ccccc1Cl. The van der Waals surface area contributed by atoms with E-state index in [9.17, 15) is 4.79 Å². The summed E-state index contributed by atoms with van der Waals surface area (Å²) in [5, 5.41) is 0.616. The van der Waals surface area contributed by atoms with Gasteiger partial charge in [-0.1, -0.05) is 35.9 Å². The average molecular weight is 261 g/mol. The van der Waals surface area contributed by atoms with E-state index >= 15 is 0 Å². The molecule has 0 atom stereocenters. The smallest absolute Gasteiger partial charge is 0.141 e. The molecule has 2 N–H and O–H groups in total. The first-order chi connectivity index (χ1) is 8.66. The Labute approximate surface area is 111 Å². The van der Waals surface area contributed by atoms with Crippen LogP contribution in [0.2, 0.25) is 5.02 Å². The van der Waals surface area contributed by atoms with Gasteiger partial charge in [0.2, 0.25) is 0 Å².